The molecule has 0 bridgehead atoms. The van der Waals surface area contributed by atoms with E-state index in [0.29, 0.717) is 14.9 Å². The Bertz CT molecular complexity index is 1650. The van der Waals surface area contributed by atoms with Crippen LogP contribution in [0.15, 0.2) is 76.5 Å². The highest BCUT2D eigenvalue weighted by Crippen LogP contribution is 2.50. The Balaban J connectivity index is 1.42. The van der Waals surface area contributed by atoms with E-state index in [4.69, 9.17) is 18.7 Å². The number of halogens is 4. The molecule has 0 aliphatic carbocycles. The molecule has 4 unspecified atom stereocenters. The van der Waals surface area contributed by atoms with E-state index < -0.39 is 61.4 Å². The third kappa shape index (κ3) is 6.72. The first-order valence-corrected chi connectivity index (χ1v) is 15.8. The molecule has 2 aliphatic rings. The van der Waals surface area contributed by atoms with E-state index in [9.17, 15) is 27.5 Å². The maximum atomic E-state index is 14.0. The SMILES string of the molecule is O=P(O)(O)OC1C(n2cc(-c3cc(F)c(F)c(F)c3)nn2)[C@H]2OC(c3ccccc3)OCC2O[C@@H]1Sc1cncc(Br)c1. The van der Waals surface area contributed by atoms with Gasteiger partial charge in [0, 0.05) is 32.9 Å². The molecule has 0 radical (unpaired) electrons. The van der Waals surface area contributed by atoms with Gasteiger partial charge in [-0.05, 0) is 34.1 Å². The maximum Gasteiger partial charge on any atom is 0.470 e. The van der Waals surface area contributed by atoms with Gasteiger partial charge in [-0.25, -0.2) is 22.4 Å². The van der Waals surface area contributed by atoms with E-state index in [1.54, 1.807) is 42.7 Å². The average Bonchev–Trinajstić information content (AvgIpc) is 3.45. The van der Waals surface area contributed by atoms with Gasteiger partial charge < -0.3 is 24.0 Å². The van der Waals surface area contributed by atoms with Gasteiger partial charge in [-0.2, -0.15) is 0 Å². The van der Waals surface area contributed by atoms with Gasteiger partial charge in [-0.3, -0.25) is 9.51 Å². The Kier molecular flexibility index (Phi) is 8.75. The van der Waals surface area contributed by atoms with E-state index in [2.05, 4.69) is 31.2 Å². The van der Waals surface area contributed by atoms with Crippen LogP contribution in [0.3, 0.4) is 0 Å². The predicted molar refractivity (Wildman–Crippen MR) is 148 cm³/mol. The molecule has 2 aromatic carbocycles. The molecule has 226 valence electrons. The number of phosphoric acid groups is 1. The highest BCUT2D eigenvalue weighted by molar-refractivity contribution is 9.10. The lowest BCUT2D eigenvalue weighted by Crippen LogP contribution is -2.59. The number of ether oxygens (including phenoxy) is 3. The Morgan fingerprint density at radius 2 is 1.81 bits per heavy atom. The van der Waals surface area contributed by atoms with E-state index in [-0.39, 0.29) is 17.9 Å². The van der Waals surface area contributed by atoms with Crippen LogP contribution in [0.5, 0.6) is 0 Å². The second-order valence-corrected chi connectivity index (χ2v) is 12.8. The number of phosphoric ester groups is 1. The standard InChI is InChI=1S/C26H21BrF3N4O7PS/c27-15-8-16(10-31-9-15)43-26-24(41-42(35,36)37)22(23-20(39-26)12-38-25(40-23)13-4-2-1-3-5-13)34-11-19(32-33-34)14-6-17(28)21(30)18(29)7-14/h1-11,20,22-26H,12H2,(H2,35,36,37)/t20?,22?,23-,24?,25?,26+/m0/s1. The number of thioether (sulfide) groups is 1. The first kappa shape index (κ1) is 30.4. The van der Waals surface area contributed by atoms with Crippen molar-refractivity contribution in [3.63, 3.8) is 0 Å². The van der Waals surface area contributed by atoms with Gasteiger partial charge in [-0.1, -0.05) is 47.3 Å². The molecule has 2 saturated heterocycles. The van der Waals surface area contributed by atoms with Crippen LogP contribution in [0.2, 0.25) is 0 Å². The first-order chi connectivity index (χ1) is 20.6. The van der Waals surface area contributed by atoms with Crippen molar-refractivity contribution < 1.29 is 46.3 Å². The van der Waals surface area contributed by atoms with Crippen LogP contribution in [-0.4, -0.2) is 60.1 Å². The second-order valence-electron chi connectivity index (χ2n) is 9.57. The fourth-order valence-electron chi connectivity index (χ4n) is 4.86. The summed E-state index contributed by atoms with van der Waals surface area (Å²) in [7, 11) is -5.14. The summed E-state index contributed by atoms with van der Waals surface area (Å²) in [6, 6.07) is 11.2. The molecular formula is C26H21BrF3N4O7PS. The van der Waals surface area contributed by atoms with Crippen molar-refractivity contribution in [1.82, 2.24) is 20.0 Å². The predicted octanol–water partition coefficient (Wildman–Crippen LogP) is 5.17. The van der Waals surface area contributed by atoms with Crippen LogP contribution in [0.25, 0.3) is 11.3 Å². The number of hydrogen-bond acceptors (Lipinski definition) is 9. The zero-order chi connectivity index (χ0) is 30.3. The summed E-state index contributed by atoms with van der Waals surface area (Å²) in [5.74, 6) is -4.48. The minimum absolute atomic E-state index is 0.0348. The van der Waals surface area contributed by atoms with Crippen LogP contribution >= 0.6 is 35.5 Å². The number of fused-ring (bicyclic) bond motifs is 1. The zero-order valence-corrected chi connectivity index (χ0v) is 24.9. The largest absolute Gasteiger partial charge is 0.470 e. The minimum Gasteiger partial charge on any atom is -0.356 e. The average molecular weight is 701 g/mol. The van der Waals surface area contributed by atoms with Crippen LogP contribution in [-0.2, 0) is 23.3 Å². The summed E-state index contributed by atoms with van der Waals surface area (Å²) in [4.78, 5) is 24.6. The number of rotatable bonds is 7. The number of hydrogen-bond donors (Lipinski definition) is 2. The van der Waals surface area contributed by atoms with Crippen LogP contribution < -0.4 is 0 Å². The number of nitrogens with zero attached hydrogens (tertiary/aromatic N) is 4. The van der Waals surface area contributed by atoms with Crippen LogP contribution in [0.4, 0.5) is 13.2 Å². The molecule has 17 heteroatoms. The van der Waals surface area contributed by atoms with Crippen molar-refractivity contribution in [3.8, 4) is 11.3 Å². The molecule has 0 amide bonds. The molecule has 6 atom stereocenters. The number of aromatic nitrogens is 4. The third-order valence-corrected chi connectivity index (χ3v) is 8.73. The van der Waals surface area contributed by atoms with Gasteiger partial charge in [0.25, 0.3) is 0 Å². The smallest absolute Gasteiger partial charge is 0.356 e. The molecule has 0 spiro atoms. The Morgan fingerprint density at radius 1 is 1.07 bits per heavy atom. The summed E-state index contributed by atoms with van der Waals surface area (Å²) in [5, 5.41) is 8.11. The molecule has 11 nitrogen and oxygen atoms in total. The van der Waals surface area contributed by atoms with Crippen molar-refractivity contribution >= 4 is 35.5 Å². The number of benzene rings is 2. The summed E-state index contributed by atoms with van der Waals surface area (Å²) in [6.07, 6.45) is 0.408. The normalized spacial score (nSPS) is 25.8. The molecule has 2 fully saturated rings. The van der Waals surface area contributed by atoms with Crippen molar-refractivity contribution in [1.29, 1.82) is 0 Å². The lowest BCUT2D eigenvalue weighted by atomic mass is 9.96. The summed E-state index contributed by atoms with van der Waals surface area (Å²) in [6.45, 7) is 0.0348. The summed E-state index contributed by atoms with van der Waals surface area (Å²) in [5.41, 5.74) is -0.521. The second kappa shape index (κ2) is 12.4. The lowest BCUT2D eigenvalue weighted by Gasteiger charge is -2.48. The zero-order valence-electron chi connectivity index (χ0n) is 21.6. The van der Waals surface area contributed by atoms with E-state index in [1.165, 1.54) is 10.9 Å². The van der Waals surface area contributed by atoms with E-state index in [0.717, 1.165) is 23.9 Å². The molecular weight excluding hydrogens is 680 g/mol. The quantitative estimate of drug-likeness (QED) is 0.195. The molecule has 6 rings (SSSR count). The molecule has 2 aromatic heterocycles. The molecule has 0 saturated carbocycles. The molecule has 2 aliphatic heterocycles. The Labute approximate surface area is 254 Å². The molecule has 4 aromatic rings. The van der Waals surface area contributed by atoms with Gasteiger partial charge in [0.15, 0.2) is 23.7 Å². The van der Waals surface area contributed by atoms with Crippen molar-refractivity contribution in [3.05, 3.63) is 94.6 Å². The first-order valence-electron chi connectivity index (χ1n) is 12.6. The lowest BCUT2D eigenvalue weighted by molar-refractivity contribution is -0.305. The Morgan fingerprint density at radius 3 is 2.51 bits per heavy atom. The van der Waals surface area contributed by atoms with Gasteiger partial charge in [-0.15, -0.1) is 5.10 Å². The third-order valence-electron chi connectivity index (χ3n) is 6.67. The maximum absolute atomic E-state index is 14.0. The van der Waals surface area contributed by atoms with Crippen molar-refractivity contribution in [2.75, 3.05) is 6.61 Å². The Hall–Kier alpha value is -2.66. The highest BCUT2D eigenvalue weighted by Gasteiger charge is 2.54. The van der Waals surface area contributed by atoms with Gasteiger partial charge >= 0.3 is 7.82 Å². The summed E-state index contributed by atoms with van der Waals surface area (Å²) >= 11 is 4.44. The molecule has 43 heavy (non-hydrogen) atoms. The van der Waals surface area contributed by atoms with Crippen LogP contribution in [0.1, 0.15) is 17.9 Å². The fourth-order valence-corrected chi connectivity index (χ4v) is 7.15. The topological polar surface area (TPSA) is 138 Å². The van der Waals surface area contributed by atoms with Gasteiger partial charge in [0.1, 0.15) is 35.5 Å². The molecule has 2 N–H and O–H groups in total. The van der Waals surface area contributed by atoms with Gasteiger partial charge in [0.05, 0.1) is 12.8 Å². The van der Waals surface area contributed by atoms with Gasteiger partial charge in [0.2, 0.25) is 0 Å². The summed E-state index contributed by atoms with van der Waals surface area (Å²) < 4.78 is 79.6. The van der Waals surface area contributed by atoms with Crippen LogP contribution in [0, 0.1) is 17.5 Å². The van der Waals surface area contributed by atoms with E-state index in [1.807, 2.05) is 6.07 Å². The number of pyridine rings is 1. The molecule has 4 heterocycles. The fraction of sp³-hybridized carbons (Fsp3) is 0.269. The van der Waals surface area contributed by atoms with Crippen molar-refractivity contribution in [2.45, 2.75) is 41.0 Å². The highest BCUT2D eigenvalue weighted by atomic mass is 79.9. The van der Waals surface area contributed by atoms with Crippen molar-refractivity contribution in [2.24, 2.45) is 0 Å². The minimum atomic E-state index is -5.14. The monoisotopic (exact) mass is 700 g/mol. The van der Waals surface area contributed by atoms with E-state index >= 15 is 0 Å².